The molecule has 5 nitrogen and oxygen atoms in total. The van der Waals surface area contributed by atoms with E-state index in [1.54, 1.807) is 12.3 Å². The van der Waals surface area contributed by atoms with Crippen LogP contribution in [0.15, 0.2) is 73.1 Å². The minimum atomic E-state index is 0.482. The van der Waals surface area contributed by atoms with Gasteiger partial charge in [0.15, 0.2) is 5.82 Å². The van der Waals surface area contributed by atoms with E-state index in [0.717, 1.165) is 35.1 Å². The Labute approximate surface area is 182 Å². The van der Waals surface area contributed by atoms with E-state index in [4.69, 9.17) is 4.74 Å². The van der Waals surface area contributed by atoms with Crippen LogP contribution >= 0.6 is 0 Å². The number of anilines is 1. The minimum Gasteiger partial charge on any atom is -0.473 e. The van der Waals surface area contributed by atoms with Crippen molar-refractivity contribution in [1.82, 2.24) is 15.0 Å². The minimum absolute atomic E-state index is 0.482. The van der Waals surface area contributed by atoms with E-state index in [2.05, 4.69) is 45.0 Å². The highest BCUT2D eigenvalue weighted by Gasteiger charge is 2.19. The van der Waals surface area contributed by atoms with Crippen molar-refractivity contribution in [3.05, 3.63) is 78.6 Å². The van der Waals surface area contributed by atoms with Crippen molar-refractivity contribution in [2.45, 2.75) is 26.4 Å². The van der Waals surface area contributed by atoms with Crippen molar-refractivity contribution < 1.29 is 4.74 Å². The Balaban J connectivity index is 1.44. The van der Waals surface area contributed by atoms with Gasteiger partial charge in [-0.25, -0.2) is 4.98 Å². The average Bonchev–Trinajstić information content (AvgIpc) is 2.83. The second kappa shape index (κ2) is 8.72. The number of hydrogen-bond acceptors (Lipinski definition) is 5. The number of fused-ring (bicyclic) bond motifs is 1. The van der Waals surface area contributed by atoms with Crippen LogP contribution in [0.2, 0.25) is 0 Å². The Morgan fingerprint density at radius 3 is 2.74 bits per heavy atom. The predicted octanol–water partition coefficient (Wildman–Crippen LogP) is 5.51. The van der Waals surface area contributed by atoms with Crippen LogP contribution in [-0.2, 0) is 6.61 Å². The lowest BCUT2D eigenvalue weighted by Gasteiger charge is -2.33. The summed E-state index contributed by atoms with van der Waals surface area (Å²) in [5.74, 6) is 1.95. The number of piperidine rings is 1. The van der Waals surface area contributed by atoms with Gasteiger partial charge in [-0.2, -0.15) is 4.98 Å². The number of benzene rings is 2. The first-order valence-corrected chi connectivity index (χ1v) is 10.9. The highest BCUT2D eigenvalue weighted by Crippen LogP contribution is 2.32. The van der Waals surface area contributed by atoms with Crippen molar-refractivity contribution in [2.75, 3.05) is 18.0 Å². The molecular formula is C26H26N4O. The summed E-state index contributed by atoms with van der Waals surface area (Å²) in [6.07, 6.45) is 6.19. The van der Waals surface area contributed by atoms with E-state index in [1.165, 1.54) is 18.5 Å². The van der Waals surface area contributed by atoms with Crippen LogP contribution in [-0.4, -0.2) is 28.0 Å². The van der Waals surface area contributed by atoms with Gasteiger partial charge in [0, 0.05) is 48.2 Å². The third-order valence-electron chi connectivity index (χ3n) is 5.83. The molecule has 156 valence electrons. The molecule has 0 saturated carbocycles. The third kappa shape index (κ3) is 4.36. The summed E-state index contributed by atoms with van der Waals surface area (Å²) >= 11 is 0. The molecular weight excluding hydrogens is 384 g/mol. The fourth-order valence-electron chi connectivity index (χ4n) is 4.25. The standard InChI is InChI=1S/C26H26N4O/c1-19-6-5-15-30(17-19)24-11-13-27-23-10-9-21(16-22(23)24)26-28-14-12-25(29-26)31-18-20-7-3-2-4-8-20/h2-4,7-14,16,19H,5-6,15,17-18H2,1H3/t19-/m0/s1. The zero-order valence-electron chi connectivity index (χ0n) is 17.7. The van der Waals surface area contributed by atoms with Crippen molar-refractivity contribution in [3.63, 3.8) is 0 Å². The number of nitrogens with zero attached hydrogens (tertiary/aromatic N) is 4. The topological polar surface area (TPSA) is 51.1 Å². The molecule has 1 aliphatic rings. The van der Waals surface area contributed by atoms with Gasteiger partial charge in [-0.3, -0.25) is 4.98 Å². The van der Waals surface area contributed by atoms with Gasteiger partial charge in [-0.05, 0) is 48.6 Å². The summed E-state index contributed by atoms with van der Waals surface area (Å²) in [6, 6.07) is 20.3. The molecule has 0 radical (unpaired) electrons. The van der Waals surface area contributed by atoms with Crippen LogP contribution in [0.3, 0.4) is 0 Å². The summed E-state index contributed by atoms with van der Waals surface area (Å²) in [7, 11) is 0. The highest BCUT2D eigenvalue weighted by molar-refractivity contribution is 5.94. The summed E-state index contributed by atoms with van der Waals surface area (Å²) in [6.45, 7) is 4.99. The zero-order valence-corrected chi connectivity index (χ0v) is 17.7. The fraction of sp³-hybridized carbons (Fsp3) is 0.269. The molecule has 0 amide bonds. The molecule has 1 atom stereocenters. The van der Waals surface area contributed by atoms with Crippen molar-refractivity contribution in [2.24, 2.45) is 5.92 Å². The highest BCUT2D eigenvalue weighted by atomic mass is 16.5. The van der Waals surface area contributed by atoms with Crippen LogP contribution in [0, 0.1) is 5.92 Å². The van der Waals surface area contributed by atoms with Crippen LogP contribution in [0.25, 0.3) is 22.3 Å². The number of aromatic nitrogens is 3. The lowest BCUT2D eigenvalue weighted by molar-refractivity contribution is 0.293. The van der Waals surface area contributed by atoms with E-state index in [-0.39, 0.29) is 0 Å². The molecule has 0 unspecified atom stereocenters. The normalized spacial score (nSPS) is 16.4. The van der Waals surface area contributed by atoms with E-state index < -0.39 is 0 Å². The van der Waals surface area contributed by atoms with E-state index in [9.17, 15) is 0 Å². The summed E-state index contributed by atoms with van der Waals surface area (Å²) in [5, 5.41) is 1.15. The summed E-state index contributed by atoms with van der Waals surface area (Å²) < 4.78 is 5.90. The van der Waals surface area contributed by atoms with Crippen molar-refractivity contribution in [3.8, 4) is 17.3 Å². The Morgan fingerprint density at radius 2 is 1.87 bits per heavy atom. The van der Waals surface area contributed by atoms with Gasteiger partial charge in [-0.15, -0.1) is 0 Å². The zero-order chi connectivity index (χ0) is 21.0. The van der Waals surface area contributed by atoms with E-state index in [0.29, 0.717) is 24.2 Å². The number of rotatable bonds is 5. The Morgan fingerprint density at radius 1 is 1.00 bits per heavy atom. The molecule has 2 aromatic heterocycles. The van der Waals surface area contributed by atoms with Gasteiger partial charge in [0.2, 0.25) is 5.88 Å². The average molecular weight is 411 g/mol. The molecule has 0 bridgehead atoms. The molecule has 0 spiro atoms. The van der Waals surface area contributed by atoms with Crippen LogP contribution in [0.5, 0.6) is 5.88 Å². The Hall–Kier alpha value is -3.47. The maximum atomic E-state index is 5.90. The molecule has 1 saturated heterocycles. The molecule has 1 fully saturated rings. The van der Waals surface area contributed by atoms with Crippen molar-refractivity contribution >= 4 is 16.6 Å². The van der Waals surface area contributed by atoms with Gasteiger partial charge in [0.05, 0.1) is 5.52 Å². The summed E-state index contributed by atoms with van der Waals surface area (Å²) in [5.41, 5.74) is 4.32. The monoisotopic (exact) mass is 410 g/mol. The predicted molar refractivity (Wildman–Crippen MR) is 124 cm³/mol. The van der Waals surface area contributed by atoms with Crippen LogP contribution in [0.4, 0.5) is 5.69 Å². The maximum absolute atomic E-state index is 5.90. The number of hydrogen-bond donors (Lipinski definition) is 0. The van der Waals surface area contributed by atoms with E-state index in [1.807, 2.05) is 42.6 Å². The Kier molecular flexibility index (Phi) is 5.48. The smallest absolute Gasteiger partial charge is 0.217 e. The molecule has 5 rings (SSSR count). The van der Waals surface area contributed by atoms with Gasteiger partial charge in [0.25, 0.3) is 0 Å². The quantitative estimate of drug-likeness (QED) is 0.434. The van der Waals surface area contributed by atoms with Crippen LogP contribution < -0.4 is 9.64 Å². The first-order chi connectivity index (χ1) is 15.3. The largest absolute Gasteiger partial charge is 0.473 e. The molecule has 0 N–H and O–H groups in total. The SMILES string of the molecule is C[C@H]1CCCN(c2ccnc3ccc(-c4nccc(OCc5ccccc5)n4)cc23)C1. The summed E-state index contributed by atoms with van der Waals surface area (Å²) in [4.78, 5) is 16.2. The van der Waals surface area contributed by atoms with Gasteiger partial charge in [0.1, 0.15) is 6.61 Å². The second-order valence-electron chi connectivity index (χ2n) is 8.25. The van der Waals surface area contributed by atoms with Crippen LogP contribution in [0.1, 0.15) is 25.3 Å². The molecule has 31 heavy (non-hydrogen) atoms. The lowest BCUT2D eigenvalue weighted by atomic mass is 9.99. The molecule has 0 aliphatic carbocycles. The van der Waals surface area contributed by atoms with Gasteiger partial charge >= 0.3 is 0 Å². The number of ether oxygens (including phenoxy) is 1. The fourth-order valence-corrected chi connectivity index (χ4v) is 4.25. The van der Waals surface area contributed by atoms with Crippen molar-refractivity contribution in [1.29, 1.82) is 0 Å². The molecule has 3 heterocycles. The molecule has 2 aromatic carbocycles. The molecule has 5 heteroatoms. The number of pyridine rings is 1. The van der Waals surface area contributed by atoms with E-state index >= 15 is 0 Å². The van der Waals surface area contributed by atoms with Gasteiger partial charge in [-0.1, -0.05) is 37.3 Å². The lowest BCUT2D eigenvalue weighted by Crippen LogP contribution is -2.34. The first-order valence-electron chi connectivity index (χ1n) is 10.9. The van der Waals surface area contributed by atoms with Gasteiger partial charge < -0.3 is 9.64 Å². The second-order valence-corrected chi connectivity index (χ2v) is 8.25. The maximum Gasteiger partial charge on any atom is 0.217 e. The molecule has 4 aromatic rings. The Bertz CT molecular complexity index is 1180. The first kappa shape index (κ1) is 19.5. The molecule has 1 aliphatic heterocycles. The third-order valence-corrected chi connectivity index (χ3v) is 5.83.